The van der Waals surface area contributed by atoms with Crippen molar-refractivity contribution in [3.8, 4) is 17.2 Å². The number of benzene rings is 3. The van der Waals surface area contributed by atoms with Crippen LogP contribution in [0.25, 0.3) is 33.3 Å². The van der Waals surface area contributed by atoms with Gasteiger partial charge in [-0.05, 0) is 44.2 Å². The fourth-order valence-corrected chi connectivity index (χ4v) is 3.46. The van der Waals surface area contributed by atoms with E-state index in [4.69, 9.17) is 19.2 Å². The number of nitrogens with zero attached hydrogens (tertiary/aromatic N) is 2. The second-order valence-electron chi connectivity index (χ2n) is 6.65. The van der Waals surface area contributed by atoms with Gasteiger partial charge in [-0.1, -0.05) is 0 Å². The van der Waals surface area contributed by atoms with E-state index < -0.39 is 12.6 Å². The molecule has 0 atom stereocenters. The quantitative estimate of drug-likeness (QED) is 0.394. The fraction of sp³-hybridized carbons (Fsp3) is 0.227. The van der Waals surface area contributed by atoms with Crippen LogP contribution < -0.4 is 15.1 Å². The summed E-state index contributed by atoms with van der Waals surface area (Å²) in [5, 5.41) is 9.80. The molecule has 1 heterocycles. The minimum Gasteiger partial charge on any atom is -0.482 e. The molecule has 29 heavy (non-hydrogen) atoms. The molecule has 148 valence electrons. The zero-order chi connectivity index (χ0) is 20.5. The van der Waals surface area contributed by atoms with Crippen molar-refractivity contribution in [2.75, 3.05) is 24.6 Å². The van der Waals surface area contributed by atoms with Crippen molar-refractivity contribution >= 4 is 33.5 Å². The number of carboxylic acid groups (broad SMARTS) is 1. The van der Waals surface area contributed by atoms with E-state index in [2.05, 4.69) is 18.7 Å². The van der Waals surface area contributed by atoms with E-state index >= 15 is 0 Å². The lowest BCUT2D eigenvalue weighted by atomic mass is 10.0. The second-order valence-corrected chi connectivity index (χ2v) is 6.65. The van der Waals surface area contributed by atoms with E-state index in [0.29, 0.717) is 39.1 Å². The van der Waals surface area contributed by atoms with Gasteiger partial charge in [0.15, 0.2) is 23.4 Å². The number of aromatic nitrogens is 1. The van der Waals surface area contributed by atoms with Gasteiger partial charge >= 0.3 is 5.97 Å². The first-order chi connectivity index (χ1) is 14.0. The summed E-state index contributed by atoms with van der Waals surface area (Å²) in [7, 11) is 0. The third kappa shape index (κ3) is 3.47. The Balaban J connectivity index is 1.87. The summed E-state index contributed by atoms with van der Waals surface area (Å²) in [6.45, 7) is 5.47. The molecule has 1 N–H and O–H groups in total. The molecule has 7 nitrogen and oxygen atoms in total. The summed E-state index contributed by atoms with van der Waals surface area (Å²) in [5.41, 5.74) is 2.68. The molecule has 2 aromatic rings. The molecule has 4 rings (SSSR count). The third-order valence-electron chi connectivity index (χ3n) is 4.89. The molecular weight excluding hydrogens is 372 g/mol. The summed E-state index contributed by atoms with van der Waals surface area (Å²) >= 11 is 0. The van der Waals surface area contributed by atoms with Crippen molar-refractivity contribution in [1.29, 1.82) is 0 Å². The van der Waals surface area contributed by atoms with Crippen LogP contribution in [0.4, 0.5) is 5.69 Å². The summed E-state index contributed by atoms with van der Waals surface area (Å²) in [4.78, 5) is 30.2. The van der Waals surface area contributed by atoms with Crippen LogP contribution in [0.3, 0.4) is 0 Å². The van der Waals surface area contributed by atoms with Gasteiger partial charge < -0.3 is 19.2 Å². The minimum atomic E-state index is -1.08. The first kappa shape index (κ1) is 18.7. The van der Waals surface area contributed by atoms with Gasteiger partial charge in [-0.15, -0.1) is 0 Å². The van der Waals surface area contributed by atoms with Crippen LogP contribution in [-0.2, 0) is 4.79 Å². The van der Waals surface area contributed by atoms with Crippen molar-refractivity contribution in [2.45, 2.75) is 13.8 Å². The largest absolute Gasteiger partial charge is 0.482 e. The SMILES string of the molecule is CCN(CC)c1ccc2nc3c4ccc(OCC(=O)O)cc4c(=O)cc-3oc2c1. The van der Waals surface area contributed by atoms with E-state index in [1.807, 2.05) is 18.2 Å². The summed E-state index contributed by atoms with van der Waals surface area (Å²) in [6.07, 6.45) is 0. The Morgan fingerprint density at radius 2 is 1.90 bits per heavy atom. The Morgan fingerprint density at radius 3 is 2.62 bits per heavy atom. The molecule has 0 amide bonds. The van der Waals surface area contributed by atoms with Crippen LogP contribution in [0.15, 0.2) is 51.7 Å². The molecule has 0 spiro atoms. The lowest BCUT2D eigenvalue weighted by molar-refractivity contribution is -0.139. The maximum absolute atomic E-state index is 12.6. The fourth-order valence-electron chi connectivity index (χ4n) is 3.46. The van der Waals surface area contributed by atoms with E-state index in [9.17, 15) is 9.59 Å². The van der Waals surface area contributed by atoms with E-state index in [1.54, 1.807) is 12.1 Å². The van der Waals surface area contributed by atoms with Gasteiger partial charge in [-0.3, -0.25) is 4.79 Å². The number of carbonyl (C=O) groups is 1. The Bertz CT molecular complexity index is 1240. The van der Waals surface area contributed by atoms with Crippen molar-refractivity contribution in [3.05, 3.63) is 52.7 Å². The van der Waals surface area contributed by atoms with Crippen molar-refractivity contribution in [3.63, 3.8) is 0 Å². The van der Waals surface area contributed by atoms with Crippen LogP contribution >= 0.6 is 0 Å². The monoisotopic (exact) mass is 392 g/mol. The molecule has 0 radical (unpaired) electrons. The van der Waals surface area contributed by atoms with E-state index in [1.165, 1.54) is 12.1 Å². The third-order valence-corrected chi connectivity index (χ3v) is 4.89. The van der Waals surface area contributed by atoms with Gasteiger partial charge in [0.1, 0.15) is 17.0 Å². The van der Waals surface area contributed by atoms with Gasteiger partial charge in [0.2, 0.25) is 0 Å². The molecule has 0 fully saturated rings. The van der Waals surface area contributed by atoms with Gasteiger partial charge in [0.05, 0.1) is 0 Å². The molecule has 0 saturated heterocycles. The zero-order valence-corrected chi connectivity index (χ0v) is 16.1. The van der Waals surface area contributed by atoms with Gasteiger partial charge in [0.25, 0.3) is 0 Å². The summed E-state index contributed by atoms with van der Waals surface area (Å²) < 4.78 is 11.2. The zero-order valence-electron chi connectivity index (χ0n) is 16.1. The summed E-state index contributed by atoms with van der Waals surface area (Å²) in [6, 6.07) is 12.1. The average molecular weight is 392 g/mol. The molecule has 0 aromatic heterocycles. The lowest BCUT2D eigenvalue weighted by Gasteiger charge is -2.21. The predicted octanol–water partition coefficient (Wildman–Crippen LogP) is 3.76. The maximum atomic E-state index is 12.6. The number of carboxylic acids is 1. The standard InChI is InChI=1S/C22H20N2O5/c1-3-24(4-2)13-5-8-17-19(9-13)29-20-11-18(25)16-10-14(28-12-21(26)27)6-7-15(16)22(20)23-17/h5-11H,3-4,12H2,1-2H3,(H,26,27). The number of fused-ring (bicyclic) bond motifs is 4. The van der Waals surface area contributed by atoms with Crippen LogP contribution in [0.2, 0.25) is 0 Å². The normalized spacial score (nSPS) is 11.2. The number of hydrogen-bond acceptors (Lipinski definition) is 6. The number of aliphatic carboxylic acids is 1. The average Bonchev–Trinajstić information content (AvgIpc) is 2.72. The highest BCUT2D eigenvalue weighted by Crippen LogP contribution is 2.32. The number of anilines is 1. The molecule has 2 aromatic carbocycles. The van der Waals surface area contributed by atoms with E-state index in [-0.39, 0.29) is 5.43 Å². The van der Waals surface area contributed by atoms with Crippen LogP contribution in [0.1, 0.15) is 13.8 Å². The predicted molar refractivity (Wildman–Crippen MR) is 111 cm³/mol. The molecule has 0 saturated carbocycles. The van der Waals surface area contributed by atoms with Gasteiger partial charge in [0, 0.05) is 41.7 Å². The first-order valence-corrected chi connectivity index (χ1v) is 9.41. The van der Waals surface area contributed by atoms with Gasteiger partial charge in [-0.25, -0.2) is 9.78 Å². The topological polar surface area (TPSA) is 92.9 Å². The number of hydrogen-bond donors (Lipinski definition) is 1. The molecule has 2 aliphatic rings. The molecule has 0 bridgehead atoms. The smallest absolute Gasteiger partial charge is 0.341 e. The molecule has 7 heteroatoms. The Kier molecular flexibility index (Phi) is 4.80. The van der Waals surface area contributed by atoms with Gasteiger partial charge in [-0.2, -0.15) is 0 Å². The van der Waals surface area contributed by atoms with Crippen LogP contribution in [-0.4, -0.2) is 35.8 Å². The van der Waals surface area contributed by atoms with Crippen molar-refractivity contribution < 1.29 is 19.1 Å². The number of rotatable bonds is 6. The maximum Gasteiger partial charge on any atom is 0.341 e. The highest BCUT2D eigenvalue weighted by atomic mass is 16.5. The Morgan fingerprint density at radius 1 is 1.10 bits per heavy atom. The highest BCUT2D eigenvalue weighted by Gasteiger charge is 2.17. The minimum absolute atomic E-state index is 0.238. The molecule has 0 unspecified atom stereocenters. The van der Waals surface area contributed by atoms with Crippen LogP contribution in [0.5, 0.6) is 5.75 Å². The number of ether oxygens (including phenoxy) is 1. The second kappa shape index (κ2) is 7.43. The van der Waals surface area contributed by atoms with Crippen LogP contribution in [0, 0.1) is 0 Å². The highest BCUT2D eigenvalue weighted by molar-refractivity contribution is 5.97. The van der Waals surface area contributed by atoms with Crippen molar-refractivity contribution in [1.82, 2.24) is 4.98 Å². The Hall–Kier alpha value is -3.61. The van der Waals surface area contributed by atoms with Crippen molar-refractivity contribution in [2.24, 2.45) is 0 Å². The summed E-state index contributed by atoms with van der Waals surface area (Å²) in [5.74, 6) is -0.356. The molecule has 1 aliphatic heterocycles. The molecular formula is C22H20N2O5. The first-order valence-electron chi connectivity index (χ1n) is 9.41. The molecule has 1 aliphatic carbocycles. The Labute approximate surface area is 166 Å². The van der Waals surface area contributed by atoms with E-state index in [0.717, 1.165) is 18.8 Å². The lowest BCUT2D eigenvalue weighted by Crippen LogP contribution is -2.21.